The smallest absolute Gasteiger partial charge is 0.286 e. The number of nitrogens with zero attached hydrogens (tertiary/aromatic N) is 2. The summed E-state index contributed by atoms with van der Waals surface area (Å²) in [6.07, 6.45) is 3.83. The molecule has 0 radical (unpaired) electrons. The van der Waals surface area contributed by atoms with E-state index >= 15 is 0 Å². The molecule has 1 N–H and O–H groups in total. The Morgan fingerprint density at radius 2 is 1.97 bits per heavy atom. The maximum atomic E-state index is 13.3. The standard InChI is InChI=1S/C23H26N2O6/c1-30-20-11-18(22(27)24-10-9-23(7-8-23)13-17(24)14-26)19(25(28)29)12-21(20)31-15-16-5-3-2-4-6-16/h2-6,11-12,17,26H,7-10,13-15H2,1H3/t17-/m0/s1. The molecule has 0 unspecified atom stereocenters. The Morgan fingerprint density at radius 3 is 2.58 bits per heavy atom. The fraction of sp³-hybridized carbons (Fsp3) is 0.435. The Bertz CT molecular complexity index is 974. The van der Waals surface area contributed by atoms with E-state index in [2.05, 4.69) is 0 Å². The van der Waals surface area contributed by atoms with Crippen molar-refractivity contribution >= 4 is 11.6 Å². The summed E-state index contributed by atoms with van der Waals surface area (Å²) in [6, 6.07) is 11.7. The number of amides is 1. The van der Waals surface area contributed by atoms with E-state index in [1.165, 1.54) is 19.2 Å². The van der Waals surface area contributed by atoms with Gasteiger partial charge in [0.25, 0.3) is 11.6 Å². The highest BCUT2D eigenvalue weighted by Gasteiger charge is 2.49. The van der Waals surface area contributed by atoms with E-state index in [0.717, 1.165) is 31.2 Å². The molecule has 1 aliphatic carbocycles. The third-order valence-electron chi connectivity index (χ3n) is 6.37. The summed E-state index contributed by atoms with van der Waals surface area (Å²) in [6.45, 7) is 0.537. The number of likely N-dealkylation sites (tertiary alicyclic amines) is 1. The number of piperidine rings is 1. The van der Waals surface area contributed by atoms with Crippen LogP contribution in [0.2, 0.25) is 0 Å². The zero-order valence-corrected chi connectivity index (χ0v) is 17.5. The van der Waals surface area contributed by atoms with E-state index in [1.54, 1.807) is 4.90 Å². The molecular formula is C23H26N2O6. The quantitative estimate of drug-likeness (QED) is 0.537. The molecule has 1 saturated heterocycles. The number of benzene rings is 2. The first-order valence-electron chi connectivity index (χ1n) is 10.4. The predicted molar refractivity (Wildman–Crippen MR) is 113 cm³/mol. The number of aliphatic hydroxyl groups is 1. The van der Waals surface area contributed by atoms with E-state index in [1.807, 2.05) is 30.3 Å². The summed E-state index contributed by atoms with van der Waals surface area (Å²) in [5.41, 5.74) is 0.750. The van der Waals surface area contributed by atoms with E-state index in [9.17, 15) is 20.0 Å². The van der Waals surface area contributed by atoms with Crippen molar-refractivity contribution in [3.63, 3.8) is 0 Å². The van der Waals surface area contributed by atoms with Gasteiger partial charge in [-0.2, -0.15) is 0 Å². The fourth-order valence-electron chi connectivity index (χ4n) is 4.35. The first-order valence-corrected chi connectivity index (χ1v) is 10.4. The van der Waals surface area contributed by atoms with Gasteiger partial charge in [0.15, 0.2) is 11.5 Å². The molecule has 1 atom stereocenters. The maximum absolute atomic E-state index is 13.3. The van der Waals surface area contributed by atoms with Crippen molar-refractivity contribution in [3.8, 4) is 11.5 Å². The molecule has 4 rings (SSSR count). The second-order valence-corrected chi connectivity index (χ2v) is 8.34. The second kappa shape index (κ2) is 8.55. The zero-order valence-electron chi connectivity index (χ0n) is 17.5. The van der Waals surface area contributed by atoms with Gasteiger partial charge in [0, 0.05) is 12.6 Å². The largest absolute Gasteiger partial charge is 0.493 e. The maximum Gasteiger partial charge on any atom is 0.286 e. The third-order valence-corrected chi connectivity index (χ3v) is 6.37. The third kappa shape index (κ3) is 4.34. The van der Waals surface area contributed by atoms with Crippen molar-refractivity contribution in [1.82, 2.24) is 4.90 Å². The lowest BCUT2D eigenvalue weighted by Crippen LogP contribution is -2.48. The van der Waals surface area contributed by atoms with Crippen molar-refractivity contribution in [1.29, 1.82) is 0 Å². The monoisotopic (exact) mass is 426 g/mol. The first-order chi connectivity index (χ1) is 15.0. The number of nitro groups is 1. The van der Waals surface area contributed by atoms with Gasteiger partial charge in [-0.25, -0.2) is 0 Å². The van der Waals surface area contributed by atoms with Gasteiger partial charge < -0.3 is 19.5 Å². The summed E-state index contributed by atoms with van der Waals surface area (Å²) in [7, 11) is 1.43. The zero-order chi connectivity index (χ0) is 22.0. The molecule has 1 saturated carbocycles. The van der Waals surface area contributed by atoms with E-state index in [0.29, 0.717) is 6.54 Å². The highest BCUT2D eigenvalue weighted by Crippen LogP contribution is 2.55. The number of ether oxygens (including phenoxy) is 2. The molecule has 1 heterocycles. The van der Waals surface area contributed by atoms with Gasteiger partial charge in [-0.15, -0.1) is 0 Å². The highest BCUT2D eigenvalue weighted by atomic mass is 16.6. The fourth-order valence-corrected chi connectivity index (χ4v) is 4.35. The molecule has 2 fully saturated rings. The summed E-state index contributed by atoms with van der Waals surface area (Å²) in [5.74, 6) is -0.0147. The highest BCUT2D eigenvalue weighted by molar-refractivity contribution is 5.99. The molecule has 31 heavy (non-hydrogen) atoms. The minimum Gasteiger partial charge on any atom is -0.493 e. The average Bonchev–Trinajstić information content (AvgIpc) is 3.55. The molecular weight excluding hydrogens is 400 g/mol. The van der Waals surface area contributed by atoms with Crippen LogP contribution in [-0.4, -0.2) is 47.1 Å². The van der Waals surface area contributed by atoms with Gasteiger partial charge >= 0.3 is 0 Å². The van der Waals surface area contributed by atoms with Gasteiger partial charge in [0.1, 0.15) is 12.2 Å². The van der Waals surface area contributed by atoms with Gasteiger partial charge in [-0.3, -0.25) is 14.9 Å². The Morgan fingerprint density at radius 1 is 1.23 bits per heavy atom. The van der Waals surface area contributed by atoms with Gasteiger partial charge in [0.2, 0.25) is 0 Å². The van der Waals surface area contributed by atoms with Crippen LogP contribution in [0, 0.1) is 15.5 Å². The van der Waals surface area contributed by atoms with Crippen molar-refractivity contribution in [2.24, 2.45) is 5.41 Å². The van der Waals surface area contributed by atoms with Gasteiger partial charge in [-0.05, 0) is 36.7 Å². The van der Waals surface area contributed by atoms with Gasteiger partial charge in [0.05, 0.1) is 30.7 Å². The molecule has 164 valence electrons. The molecule has 0 aromatic heterocycles. The Labute approximate surface area is 180 Å². The van der Waals surface area contributed by atoms with E-state index < -0.39 is 10.8 Å². The number of carbonyl (C=O) groups is 1. The number of hydrogen-bond acceptors (Lipinski definition) is 6. The molecule has 2 aliphatic rings. The lowest BCUT2D eigenvalue weighted by Gasteiger charge is -2.39. The summed E-state index contributed by atoms with van der Waals surface area (Å²) >= 11 is 0. The SMILES string of the molecule is COc1cc(C(=O)N2CCC3(CC3)C[C@H]2CO)c([N+](=O)[O-])cc1OCc1ccccc1. The number of nitro benzene ring substituents is 1. The van der Waals surface area contributed by atoms with Crippen LogP contribution in [0.5, 0.6) is 11.5 Å². The van der Waals surface area contributed by atoms with Gasteiger partial charge in [-0.1, -0.05) is 30.3 Å². The Kier molecular flexibility index (Phi) is 5.82. The lowest BCUT2D eigenvalue weighted by molar-refractivity contribution is -0.385. The van der Waals surface area contributed by atoms with Crippen LogP contribution >= 0.6 is 0 Å². The average molecular weight is 426 g/mol. The minimum absolute atomic E-state index is 0.0564. The van der Waals surface area contributed by atoms with Crippen LogP contribution in [0.4, 0.5) is 5.69 Å². The topological polar surface area (TPSA) is 102 Å². The predicted octanol–water partition coefficient (Wildman–Crippen LogP) is 3.56. The molecule has 8 heteroatoms. The summed E-state index contributed by atoms with van der Waals surface area (Å²) in [5, 5.41) is 21.6. The molecule has 0 bridgehead atoms. The lowest BCUT2D eigenvalue weighted by atomic mass is 9.87. The minimum atomic E-state index is -0.581. The molecule has 8 nitrogen and oxygen atoms in total. The van der Waals surface area contributed by atoms with Crippen molar-refractivity contribution in [3.05, 3.63) is 63.7 Å². The van der Waals surface area contributed by atoms with Crippen LogP contribution in [0.15, 0.2) is 42.5 Å². The molecule has 2 aromatic carbocycles. The van der Waals surface area contributed by atoms with Crippen LogP contribution in [0.25, 0.3) is 0 Å². The number of rotatable bonds is 7. The number of hydrogen-bond donors (Lipinski definition) is 1. The number of aliphatic hydroxyl groups excluding tert-OH is 1. The Balaban J connectivity index is 1.62. The van der Waals surface area contributed by atoms with Crippen molar-refractivity contribution < 1.29 is 24.3 Å². The Hall–Kier alpha value is -3.13. The second-order valence-electron chi connectivity index (χ2n) is 8.34. The van der Waals surface area contributed by atoms with Crippen LogP contribution in [-0.2, 0) is 6.61 Å². The number of methoxy groups -OCH3 is 1. The molecule has 2 aromatic rings. The summed E-state index contributed by atoms with van der Waals surface area (Å²) in [4.78, 5) is 26.1. The van der Waals surface area contributed by atoms with Crippen LogP contribution in [0.1, 0.15) is 41.6 Å². The summed E-state index contributed by atoms with van der Waals surface area (Å²) < 4.78 is 11.1. The number of carbonyl (C=O) groups excluding carboxylic acids is 1. The van der Waals surface area contributed by atoms with Crippen LogP contribution in [0.3, 0.4) is 0 Å². The van der Waals surface area contributed by atoms with E-state index in [-0.39, 0.29) is 47.4 Å². The van der Waals surface area contributed by atoms with E-state index in [4.69, 9.17) is 9.47 Å². The molecule has 1 spiro atoms. The first kappa shape index (κ1) is 21.1. The van der Waals surface area contributed by atoms with Crippen molar-refractivity contribution in [2.75, 3.05) is 20.3 Å². The van der Waals surface area contributed by atoms with Crippen molar-refractivity contribution in [2.45, 2.75) is 38.3 Å². The molecule has 1 aliphatic heterocycles. The van der Waals surface area contributed by atoms with Crippen LogP contribution < -0.4 is 9.47 Å². The molecule has 1 amide bonds. The normalized spacial score (nSPS) is 19.2.